The summed E-state index contributed by atoms with van der Waals surface area (Å²) in [5.41, 5.74) is 6.52. The van der Waals surface area contributed by atoms with Crippen LogP contribution >= 0.6 is 23.6 Å². The van der Waals surface area contributed by atoms with Crippen LogP contribution in [-0.4, -0.2) is 27.4 Å². The van der Waals surface area contributed by atoms with Crippen molar-refractivity contribution < 1.29 is 14.4 Å². The second kappa shape index (κ2) is 11.2. The Hall–Kier alpha value is -4.34. The number of hydrogen-bond donors (Lipinski definition) is 2. The van der Waals surface area contributed by atoms with Crippen LogP contribution < -0.4 is 15.5 Å². The smallest absolute Gasteiger partial charge is 0.270 e. The Morgan fingerprint density at radius 2 is 1.71 bits per heavy atom. The Morgan fingerprint density at radius 3 is 2.48 bits per heavy atom. The Morgan fingerprint density at radius 1 is 1.00 bits per heavy atom. The maximum absolute atomic E-state index is 13.8. The number of hydrogen-bond acceptors (Lipinski definition) is 5. The van der Waals surface area contributed by atoms with Crippen LogP contribution in [0.1, 0.15) is 56.2 Å². The molecule has 3 amide bonds. The van der Waals surface area contributed by atoms with Gasteiger partial charge in [0.1, 0.15) is 10.6 Å². The number of aromatic nitrogens is 1. The van der Waals surface area contributed by atoms with Crippen molar-refractivity contribution in [1.29, 1.82) is 0 Å². The number of thiophene rings is 1. The predicted molar refractivity (Wildman–Crippen MR) is 172 cm³/mol. The van der Waals surface area contributed by atoms with Crippen molar-refractivity contribution in [2.24, 2.45) is 0 Å². The summed E-state index contributed by atoms with van der Waals surface area (Å²) in [7, 11) is 0. The van der Waals surface area contributed by atoms with Gasteiger partial charge in [-0.1, -0.05) is 36.4 Å². The van der Waals surface area contributed by atoms with Gasteiger partial charge in [0.15, 0.2) is 5.11 Å². The maximum atomic E-state index is 13.8. The first-order chi connectivity index (χ1) is 20.2. The van der Waals surface area contributed by atoms with E-state index in [4.69, 9.17) is 12.2 Å². The lowest BCUT2D eigenvalue weighted by Crippen LogP contribution is -2.54. The number of rotatable bonds is 5. The number of benzene rings is 2. The Kier molecular flexibility index (Phi) is 7.38. The van der Waals surface area contributed by atoms with Gasteiger partial charge in [-0.2, -0.15) is 0 Å². The van der Waals surface area contributed by atoms with Crippen LogP contribution in [0.25, 0.3) is 11.1 Å². The molecule has 2 aromatic heterocycles. The normalized spacial score (nSPS) is 16.0. The van der Waals surface area contributed by atoms with Gasteiger partial charge in [-0.15, -0.1) is 11.3 Å². The monoisotopic (exact) mass is 594 g/mol. The highest BCUT2D eigenvalue weighted by Crippen LogP contribution is 2.39. The lowest BCUT2D eigenvalue weighted by atomic mass is 9.95. The van der Waals surface area contributed by atoms with Crippen LogP contribution in [-0.2, 0) is 22.4 Å². The van der Waals surface area contributed by atoms with Crippen molar-refractivity contribution in [2.45, 2.75) is 46.5 Å². The molecule has 4 aromatic rings. The number of carbonyl (C=O) groups is 3. The van der Waals surface area contributed by atoms with Crippen LogP contribution in [0.4, 0.5) is 11.4 Å². The second-order valence-corrected chi connectivity index (χ2v) is 12.1. The molecule has 0 saturated carbocycles. The zero-order valence-corrected chi connectivity index (χ0v) is 25.2. The zero-order valence-electron chi connectivity index (χ0n) is 23.6. The SMILES string of the molecule is Cc1ccccc1N1C(=O)/C(=C/c2cc(C)n(-c3sc4c(c3C(=O)Nc3ccccc3)CCCC4)c2C)C(=O)NC1=S. The van der Waals surface area contributed by atoms with Gasteiger partial charge in [0.25, 0.3) is 17.7 Å². The summed E-state index contributed by atoms with van der Waals surface area (Å²) in [5.74, 6) is -1.14. The summed E-state index contributed by atoms with van der Waals surface area (Å²) in [5, 5.41) is 6.68. The molecule has 1 saturated heterocycles. The van der Waals surface area contributed by atoms with Gasteiger partial charge in [0.2, 0.25) is 0 Å². The molecule has 2 aromatic carbocycles. The van der Waals surface area contributed by atoms with Gasteiger partial charge in [-0.3, -0.25) is 24.6 Å². The topological polar surface area (TPSA) is 83.4 Å². The van der Waals surface area contributed by atoms with Crippen molar-refractivity contribution in [2.75, 3.05) is 10.2 Å². The fraction of sp³-hybridized carbons (Fsp3) is 0.212. The van der Waals surface area contributed by atoms with Crippen molar-refractivity contribution >= 4 is 63.8 Å². The molecule has 0 atom stereocenters. The molecular formula is C33H30N4O3S2. The van der Waals surface area contributed by atoms with E-state index in [0.717, 1.165) is 64.4 Å². The Labute approximate surface area is 253 Å². The van der Waals surface area contributed by atoms with E-state index in [9.17, 15) is 14.4 Å². The number of carbonyl (C=O) groups excluding carboxylic acids is 3. The summed E-state index contributed by atoms with van der Waals surface area (Å²) in [6, 6.07) is 18.8. The molecule has 2 aliphatic rings. The molecule has 9 heteroatoms. The number of thiocarbonyl (C=S) groups is 1. The predicted octanol–water partition coefficient (Wildman–Crippen LogP) is 6.43. The zero-order chi connectivity index (χ0) is 29.5. The van der Waals surface area contributed by atoms with Gasteiger partial charge in [-0.25, -0.2) is 0 Å². The highest BCUT2D eigenvalue weighted by atomic mass is 32.1. The molecule has 0 bridgehead atoms. The van der Waals surface area contributed by atoms with E-state index in [1.165, 1.54) is 9.78 Å². The van der Waals surface area contributed by atoms with E-state index < -0.39 is 11.8 Å². The third-order valence-corrected chi connectivity index (χ3v) is 9.40. The highest BCUT2D eigenvalue weighted by Gasteiger charge is 2.35. The van der Waals surface area contributed by atoms with Crippen LogP contribution in [0.2, 0.25) is 0 Å². The lowest BCUT2D eigenvalue weighted by Gasteiger charge is -2.30. The molecule has 1 aliphatic heterocycles. The third-order valence-electron chi connectivity index (χ3n) is 7.84. The number of aryl methyl sites for hydroxylation is 3. The van der Waals surface area contributed by atoms with Crippen molar-refractivity contribution in [3.8, 4) is 5.00 Å². The number of nitrogens with one attached hydrogen (secondary N) is 2. The maximum Gasteiger partial charge on any atom is 0.270 e. The molecule has 6 rings (SSSR count). The van der Waals surface area contributed by atoms with E-state index in [-0.39, 0.29) is 16.6 Å². The third kappa shape index (κ3) is 4.88. The van der Waals surface area contributed by atoms with Gasteiger partial charge in [-0.05, 0) is 106 Å². The average molecular weight is 595 g/mol. The largest absolute Gasteiger partial charge is 0.322 e. The van der Waals surface area contributed by atoms with Crippen LogP contribution in [0.15, 0.2) is 66.2 Å². The fourth-order valence-electron chi connectivity index (χ4n) is 5.75. The van der Waals surface area contributed by atoms with E-state index >= 15 is 0 Å². The minimum atomic E-state index is -0.533. The second-order valence-electron chi connectivity index (χ2n) is 10.6. The molecule has 0 radical (unpaired) electrons. The van der Waals surface area contributed by atoms with E-state index in [1.807, 2.05) is 75.4 Å². The van der Waals surface area contributed by atoms with E-state index in [2.05, 4.69) is 15.2 Å². The summed E-state index contributed by atoms with van der Waals surface area (Å²) in [6.07, 6.45) is 5.59. The van der Waals surface area contributed by atoms with Crippen molar-refractivity contribution in [3.05, 3.63) is 105 Å². The number of para-hydroxylation sites is 2. The summed E-state index contributed by atoms with van der Waals surface area (Å²) in [4.78, 5) is 43.1. The number of nitrogens with zero attached hydrogens (tertiary/aromatic N) is 2. The fourth-order valence-corrected chi connectivity index (χ4v) is 7.52. The van der Waals surface area contributed by atoms with Crippen LogP contribution in [0.3, 0.4) is 0 Å². The minimum absolute atomic E-state index is 0.000351. The molecule has 212 valence electrons. The van der Waals surface area contributed by atoms with Crippen LogP contribution in [0.5, 0.6) is 0 Å². The quantitative estimate of drug-likeness (QED) is 0.159. The number of anilines is 2. The minimum Gasteiger partial charge on any atom is -0.322 e. The van der Waals surface area contributed by atoms with Gasteiger partial charge < -0.3 is 9.88 Å². The summed E-state index contributed by atoms with van der Waals surface area (Å²) >= 11 is 7.04. The first kappa shape index (κ1) is 27.8. The molecular weight excluding hydrogens is 565 g/mol. The Bertz CT molecular complexity index is 1800. The first-order valence-electron chi connectivity index (χ1n) is 13.9. The molecule has 7 nitrogen and oxygen atoms in total. The molecule has 3 heterocycles. The standard InChI is InChI=1S/C33H30N4O3S2/c1-19-11-7-9-15-26(19)37-31(40)25(29(38)35-33(37)41)18-22-17-20(2)36(21(22)3)32-28(24-14-8-10-16-27(24)42-32)30(39)34-23-12-5-4-6-13-23/h4-7,9,11-13,15,17-18H,8,10,14,16H2,1-3H3,(H,34,39)(H,35,38,41)/b25-18+. The molecule has 2 N–H and O–H groups in total. The van der Waals surface area contributed by atoms with Gasteiger partial charge in [0.05, 0.1) is 11.3 Å². The molecule has 0 spiro atoms. The molecule has 0 unspecified atom stereocenters. The summed E-state index contributed by atoms with van der Waals surface area (Å²) < 4.78 is 2.07. The van der Waals surface area contributed by atoms with Crippen LogP contribution in [0, 0.1) is 20.8 Å². The van der Waals surface area contributed by atoms with Crippen molar-refractivity contribution in [1.82, 2.24) is 9.88 Å². The van der Waals surface area contributed by atoms with Crippen molar-refractivity contribution in [3.63, 3.8) is 0 Å². The van der Waals surface area contributed by atoms with Gasteiger partial charge >= 0.3 is 0 Å². The molecule has 1 fully saturated rings. The first-order valence-corrected chi connectivity index (χ1v) is 15.1. The highest BCUT2D eigenvalue weighted by molar-refractivity contribution is 7.80. The number of fused-ring (bicyclic) bond motifs is 1. The van der Waals surface area contributed by atoms with E-state index in [1.54, 1.807) is 23.5 Å². The Balaban J connectivity index is 1.42. The van der Waals surface area contributed by atoms with E-state index in [0.29, 0.717) is 11.3 Å². The molecule has 42 heavy (non-hydrogen) atoms. The van der Waals surface area contributed by atoms with Gasteiger partial charge in [0, 0.05) is 22.0 Å². The molecule has 1 aliphatic carbocycles. The lowest BCUT2D eigenvalue weighted by molar-refractivity contribution is -0.122. The average Bonchev–Trinajstić information content (AvgIpc) is 3.48. The summed E-state index contributed by atoms with van der Waals surface area (Å²) in [6.45, 7) is 5.82. The number of amides is 3.